The normalized spacial score (nSPS) is 10.2. The Balaban J connectivity index is 2.18. The minimum absolute atomic E-state index is 0.00425. The number of nitro groups is 1. The van der Waals surface area contributed by atoms with Crippen molar-refractivity contribution in [1.82, 2.24) is 15.5 Å². The van der Waals surface area contributed by atoms with Gasteiger partial charge in [-0.25, -0.2) is 4.98 Å². The molecule has 0 unspecified atom stereocenters. The van der Waals surface area contributed by atoms with E-state index >= 15 is 0 Å². The summed E-state index contributed by atoms with van der Waals surface area (Å²) in [5, 5.41) is 16.7. The van der Waals surface area contributed by atoms with E-state index in [1.807, 2.05) is 0 Å². The standard InChI is InChI=1S/C10H7ClN4O4/c11-9-3-7(8(5-12-9)15(17)18)10(16)13-4-6-1-2-14-19-6/h1-3,5H,4H2,(H,13,16). The van der Waals surface area contributed by atoms with Crippen LogP contribution < -0.4 is 5.32 Å². The van der Waals surface area contributed by atoms with Gasteiger partial charge in [0.25, 0.3) is 11.6 Å². The largest absolute Gasteiger partial charge is 0.360 e. The Bertz CT molecular complexity index is 614. The lowest BCUT2D eigenvalue weighted by molar-refractivity contribution is -0.385. The topological polar surface area (TPSA) is 111 Å². The molecule has 19 heavy (non-hydrogen) atoms. The lowest BCUT2D eigenvalue weighted by Gasteiger charge is -2.04. The maximum atomic E-state index is 11.9. The molecular weight excluding hydrogens is 276 g/mol. The van der Waals surface area contributed by atoms with E-state index in [4.69, 9.17) is 16.1 Å². The summed E-state index contributed by atoms with van der Waals surface area (Å²) in [5.41, 5.74) is -0.580. The number of amides is 1. The Morgan fingerprint density at radius 3 is 3.00 bits per heavy atom. The third-order valence-electron chi connectivity index (χ3n) is 2.21. The molecule has 0 aliphatic carbocycles. The fraction of sp³-hybridized carbons (Fsp3) is 0.100. The van der Waals surface area contributed by atoms with E-state index in [0.717, 1.165) is 12.3 Å². The van der Waals surface area contributed by atoms with E-state index in [0.29, 0.717) is 5.76 Å². The summed E-state index contributed by atoms with van der Waals surface area (Å²) in [5.74, 6) is -0.219. The molecule has 0 aromatic carbocycles. The number of rotatable bonds is 4. The van der Waals surface area contributed by atoms with Crippen LogP contribution in [0.3, 0.4) is 0 Å². The van der Waals surface area contributed by atoms with Gasteiger partial charge in [0, 0.05) is 6.07 Å². The molecule has 0 saturated carbocycles. The van der Waals surface area contributed by atoms with Crippen molar-refractivity contribution in [2.45, 2.75) is 6.54 Å². The van der Waals surface area contributed by atoms with Gasteiger partial charge in [-0.15, -0.1) is 0 Å². The van der Waals surface area contributed by atoms with Crippen LogP contribution in [0.5, 0.6) is 0 Å². The summed E-state index contributed by atoms with van der Waals surface area (Å²) in [7, 11) is 0. The summed E-state index contributed by atoms with van der Waals surface area (Å²) in [6.07, 6.45) is 2.36. The van der Waals surface area contributed by atoms with Crippen LogP contribution in [-0.2, 0) is 6.54 Å². The second kappa shape index (κ2) is 5.44. The van der Waals surface area contributed by atoms with Gasteiger partial charge in [0.1, 0.15) is 16.9 Å². The number of hydrogen-bond donors (Lipinski definition) is 1. The predicted octanol–water partition coefficient (Wildman–Crippen LogP) is 1.56. The summed E-state index contributed by atoms with van der Waals surface area (Å²) < 4.78 is 4.78. The molecule has 0 aliphatic rings. The molecule has 2 aromatic heterocycles. The van der Waals surface area contributed by atoms with Gasteiger partial charge in [0.05, 0.1) is 17.7 Å². The van der Waals surface area contributed by atoms with Crippen LogP contribution in [0, 0.1) is 10.1 Å². The predicted molar refractivity (Wildman–Crippen MR) is 63.6 cm³/mol. The lowest BCUT2D eigenvalue weighted by atomic mass is 10.2. The van der Waals surface area contributed by atoms with Gasteiger partial charge in [0.15, 0.2) is 5.76 Å². The van der Waals surface area contributed by atoms with Gasteiger partial charge in [-0.2, -0.15) is 0 Å². The molecule has 9 heteroatoms. The van der Waals surface area contributed by atoms with E-state index in [2.05, 4.69) is 15.5 Å². The summed E-state index contributed by atoms with van der Waals surface area (Å²) in [6.45, 7) is 0.0654. The zero-order chi connectivity index (χ0) is 13.8. The highest BCUT2D eigenvalue weighted by molar-refractivity contribution is 6.29. The van der Waals surface area contributed by atoms with E-state index in [-0.39, 0.29) is 17.3 Å². The highest BCUT2D eigenvalue weighted by Gasteiger charge is 2.21. The van der Waals surface area contributed by atoms with Crippen molar-refractivity contribution in [3.8, 4) is 0 Å². The van der Waals surface area contributed by atoms with Crippen LogP contribution in [0.4, 0.5) is 5.69 Å². The van der Waals surface area contributed by atoms with Crippen molar-refractivity contribution in [1.29, 1.82) is 0 Å². The SMILES string of the molecule is O=C(NCc1ccno1)c1cc(Cl)ncc1[N+](=O)[O-]. The number of nitrogens with one attached hydrogen (secondary N) is 1. The van der Waals surface area contributed by atoms with Crippen LogP contribution in [0.1, 0.15) is 16.1 Å². The van der Waals surface area contributed by atoms with Crippen LogP contribution in [-0.4, -0.2) is 21.0 Å². The molecule has 2 rings (SSSR count). The van der Waals surface area contributed by atoms with Gasteiger partial charge in [-0.05, 0) is 6.07 Å². The molecule has 98 valence electrons. The fourth-order valence-electron chi connectivity index (χ4n) is 1.35. The van der Waals surface area contributed by atoms with Crippen LogP contribution >= 0.6 is 11.6 Å². The molecular formula is C10H7ClN4O4. The number of carbonyl (C=O) groups excluding carboxylic acids is 1. The first-order valence-electron chi connectivity index (χ1n) is 5.05. The van der Waals surface area contributed by atoms with Gasteiger partial charge in [0.2, 0.25) is 0 Å². The van der Waals surface area contributed by atoms with E-state index in [1.54, 1.807) is 6.07 Å². The fourth-order valence-corrected chi connectivity index (χ4v) is 1.50. The first-order valence-corrected chi connectivity index (χ1v) is 5.43. The van der Waals surface area contributed by atoms with Crippen LogP contribution in [0.2, 0.25) is 5.15 Å². The van der Waals surface area contributed by atoms with Crippen molar-refractivity contribution >= 4 is 23.2 Å². The monoisotopic (exact) mass is 282 g/mol. The second-order valence-electron chi connectivity index (χ2n) is 3.44. The first kappa shape index (κ1) is 13.0. The van der Waals surface area contributed by atoms with Gasteiger partial charge in [-0.1, -0.05) is 16.8 Å². The number of nitrogens with zero attached hydrogens (tertiary/aromatic N) is 3. The van der Waals surface area contributed by atoms with Gasteiger partial charge >= 0.3 is 0 Å². The molecule has 1 N–H and O–H groups in total. The number of pyridine rings is 1. The molecule has 1 amide bonds. The van der Waals surface area contributed by atoms with Crippen LogP contribution in [0.15, 0.2) is 29.0 Å². The Morgan fingerprint density at radius 2 is 2.37 bits per heavy atom. The number of carbonyl (C=O) groups is 1. The Kier molecular flexibility index (Phi) is 3.71. The Labute approximate surface area is 111 Å². The smallest absolute Gasteiger partial charge is 0.300 e. The maximum Gasteiger partial charge on any atom is 0.300 e. The van der Waals surface area contributed by atoms with Crippen LogP contribution in [0.25, 0.3) is 0 Å². The highest BCUT2D eigenvalue weighted by atomic mass is 35.5. The molecule has 0 aliphatic heterocycles. The summed E-state index contributed by atoms with van der Waals surface area (Å²) >= 11 is 5.62. The molecule has 0 saturated heterocycles. The molecule has 0 atom stereocenters. The van der Waals surface area contributed by atoms with Crippen molar-refractivity contribution < 1.29 is 14.2 Å². The number of aromatic nitrogens is 2. The van der Waals surface area contributed by atoms with Crippen molar-refractivity contribution in [2.75, 3.05) is 0 Å². The first-order chi connectivity index (χ1) is 9.08. The van der Waals surface area contributed by atoms with Crippen molar-refractivity contribution in [3.05, 3.63) is 51.1 Å². The van der Waals surface area contributed by atoms with E-state index in [9.17, 15) is 14.9 Å². The highest BCUT2D eigenvalue weighted by Crippen LogP contribution is 2.20. The average Bonchev–Trinajstić information content (AvgIpc) is 2.88. The van der Waals surface area contributed by atoms with Gasteiger partial charge < -0.3 is 9.84 Å². The van der Waals surface area contributed by atoms with E-state index in [1.165, 1.54) is 6.20 Å². The average molecular weight is 283 g/mol. The molecule has 8 nitrogen and oxygen atoms in total. The van der Waals surface area contributed by atoms with Gasteiger partial charge in [-0.3, -0.25) is 14.9 Å². The lowest BCUT2D eigenvalue weighted by Crippen LogP contribution is -2.23. The van der Waals surface area contributed by atoms with Crippen molar-refractivity contribution in [3.63, 3.8) is 0 Å². The summed E-state index contributed by atoms with van der Waals surface area (Å²) in [6, 6.07) is 2.70. The molecule has 2 heterocycles. The number of hydrogen-bond acceptors (Lipinski definition) is 6. The Morgan fingerprint density at radius 1 is 1.58 bits per heavy atom. The minimum atomic E-state index is -0.702. The maximum absolute atomic E-state index is 11.9. The quantitative estimate of drug-likeness (QED) is 0.517. The summed E-state index contributed by atoms with van der Waals surface area (Å²) in [4.78, 5) is 25.5. The Hall–Kier alpha value is -2.48. The molecule has 0 spiro atoms. The third kappa shape index (κ3) is 3.05. The number of halogens is 1. The molecule has 0 radical (unpaired) electrons. The molecule has 2 aromatic rings. The second-order valence-corrected chi connectivity index (χ2v) is 3.83. The zero-order valence-electron chi connectivity index (χ0n) is 9.37. The van der Waals surface area contributed by atoms with Crippen molar-refractivity contribution in [2.24, 2.45) is 0 Å². The van der Waals surface area contributed by atoms with E-state index < -0.39 is 16.5 Å². The minimum Gasteiger partial charge on any atom is -0.360 e. The third-order valence-corrected chi connectivity index (χ3v) is 2.41. The molecule has 0 fully saturated rings. The zero-order valence-corrected chi connectivity index (χ0v) is 10.1. The molecule has 0 bridgehead atoms.